The highest BCUT2D eigenvalue weighted by Crippen LogP contribution is 2.31. The molecule has 0 saturated heterocycles. The minimum atomic E-state index is -0.650. The van der Waals surface area contributed by atoms with Gasteiger partial charge in [-0.15, -0.1) is 0 Å². The highest BCUT2D eigenvalue weighted by Gasteiger charge is 2.18. The van der Waals surface area contributed by atoms with Crippen molar-refractivity contribution in [3.8, 4) is 11.3 Å². The lowest BCUT2D eigenvalue weighted by Crippen LogP contribution is -2.00. The van der Waals surface area contributed by atoms with E-state index in [-0.39, 0.29) is 23.1 Å². The van der Waals surface area contributed by atoms with Crippen molar-refractivity contribution in [1.82, 2.24) is 19.7 Å². The van der Waals surface area contributed by atoms with Gasteiger partial charge in [0.05, 0.1) is 6.20 Å². The Bertz CT molecular complexity index is 870. The van der Waals surface area contributed by atoms with Crippen LogP contribution in [0, 0.1) is 11.6 Å². The SMILES string of the molecule is CC(C)c1c2cc(-c3nc(N)ncc3F)cc(F)c2nn1C. The Morgan fingerprint density at radius 2 is 1.91 bits per heavy atom. The molecule has 2 N–H and O–H groups in total. The van der Waals surface area contributed by atoms with Crippen molar-refractivity contribution in [3.05, 3.63) is 35.7 Å². The van der Waals surface area contributed by atoms with Gasteiger partial charge in [-0.25, -0.2) is 18.7 Å². The summed E-state index contributed by atoms with van der Waals surface area (Å²) in [6.45, 7) is 3.98. The lowest BCUT2D eigenvalue weighted by atomic mass is 10.0. The Balaban J connectivity index is 2.32. The second kappa shape index (κ2) is 5.01. The summed E-state index contributed by atoms with van der Waals surface area (Å²) in [5.74, 6) is -1.09. The Morgan fingerprint density at radius 1 is 1.18 bits per heavy atom. The van der Waals surface area contributed by atoms with E-state index in [1.807, 2.05) is 13.8 Å². The fraction of sp³-hybridized carbons (Fsp3) is 0.267. The van der Waals surface area contributed by atoms with Crippen LogP contribution in [-0.2, 0) is 7.05 Å². The number of aromatic nitrogens is 4. The number of benzene rings is 1. The fourth-order valence-electron chi connectivity index (χ4n) is 2.68. The van der Waals surface area contributed by atoms with Gasteiger partial charge in [0.2, 0.25) is 5.95 Å². The van der Waals surface area contributed by atoms with Crippen LogP contribution in [0.25, 0.3) is 22.2 Å². The van der Waals surface area contributed by atoms with Crippen molar-refractivity contribution in [2.24, 2.45) is 7.05 Å². The van der Waals surface area contributed by atoms with Crippen LogP contribution in [0.1, 0.15) is 25.5 Å². The molecule has 0 radical (unpaired) electrons. The third-order valence-electron chi connectivity index (χ3n) is 3.52. The molecule has 114 valence electrons. The van der Waals surface area contributed by atoms with Crippen LogP contribution >= 0.6 is 0 Å². The molecule has 3 aromatic rings. The molecule has 0 aliphatic rings. The maximum absolute atomic E-state index is 14.3. The Kier molecular flexibility index (Phi) is 3.27. The van der Waals surface area contributed by atoms with Gasteiger partial charge in [0.25, 0.3) is 0 Å². The average molecular weight is 303 g/mol. The van der Waals surface area contributed by atoms with Crippen molar-refractivity contribution in [2.45, 2.75) is 19.8 Å². The second-order valence-electron chi connectivity index (χ2n) is 5.44. The number of fused-ring (bicyclic) bond motifs is 1. The first-order chi connectivity index (χ1) is 10.4. The molecule has 1 aromatic carbocycles. The van der Waals surface area contributed by atoms with Crippen LogP contribution in [0.2, 0.25) is 0 Å². The monoisotopic (exact) mass is 303 g/mol. The van der Waals surface area contributed by atoms with Gasteiger partial charge in [0, 0.05) is 23.7 Å². The zero-order valence-corrected chi connectivity index (χ0v) is 12.4. The smallest absolute Gasteiger partial charge is 0.220 e. The van der Waals surface area contributed by atoms with Crippen molar-refractivity contribution < 1.29 is 8.78 Å². The number of anilines is 1. The molecule has 0 aliphatic carbocycles. The predicted octanol–water partition coefficient (Wildman–Crippen LogP) is 3.01. The molecular weight excluding hydrogens is 288 g/mol. The van der Waals surface area contributed by atoms with Crippen LogP contribution < -0.4 is 5.73 Å². The van der Waals surface area contributed by atoms with E-state index in [1.54, 1.807) is 17.8 Å². The first-order valence-corrected chi connectivity index (χ1v) is 6.83. The van der Waals surface area contributed by atoms with Crippen LogP contribution in [-0.4, -0.2) is 19.7 Å². The number of hydrogen-bond acceptors (Lipinski definition) is 4. The van der Waals surface area contributed by atoms with Crippen LogP contribution in [0.5, 0.6) is 0 Å². The highest BCUT2D eigenvalue weighted by molar-refractivity contribution is 5.87. The zero-order chi connectivity index (χ0) is 16.0. The van der Waals surface area contributed by atoms with Crippen LogP contribution in [0.4, 0.5) is 14.7 Å². The summed E-state index contributed by atoms with van der Waals surface area (Å²) in [4.78, 5) is 7.45. The number of halogens is 2. The molecule has 0 aliphatic heterocycles. The van der Waals surface area contributed by atoms with Gasteiger partial charge in [0.15, 0.2) is 11.6 Å². The average Bonchev–Trinajstić information content (AvgIpc) is 2.78. The Labute approximate surface area is 125 Å². The molecule has 7 heteroatoms. The highest BCUT2D eigenvalue weighted by atomic mass is 19.1. The molecule has 0 amide bonds. The molecule has 0 bridgehead atoms. The molecule has 3 rings (SSSR count). The van der Waals surface area contributed by atoms with E-state index in [4.69, 9.17) is 5.73 Å². The van der Waals surface area contributed by atoms with Gasteiger partial charge in [-0.3, -0.25) is 4.68 Å². The van der Waals surface area contributed by atoms with Gasteiger partial charge in [-0.2, -0.15) is 5.10 Å². The van der Waals surface area contributed by atoms with Crippen molar-refractivity contribution in [1.29, 1.82) is 0 Å². The summed E-state index contributed by atoms with van der Waals surface area (Å²) in [7, 11) is 1.76. The van der Waals surface area contributed by atoms with E-state index in [2.05, 4.69) is 15.1 Å². The molecule has 0 saturated carbocycles. The first-order valence-electron chi connectivity index (χ1n) is 6.83. The zero-order valence-electron chi connectivity index (χ0n) is 12.4. The van der Waals surface area contributed by atoms with E-state index in [0.717, 1.165) is 11.9 Å². The topological polar surface area (TPSA) is 69.6 Å². The number of rotatable bonds is 2. The van der Waals surface area contributed by atoms with Gasteiger partial charge < -0.3 is 5.73 Å². The summed E-state index contributed by atoms with van der Waals surface area (Å²) in [6, 6.07) is 2.90. The summed E-state index contributed by atoms with van der Waals surface area (Å²) in [5.41, 5.74) is 6.92. The third kappa shape index (κ3) is 2.18. The van der Waals surface area contributed by atoms with Crippen molar-refractivity contribution >= 4 is 16.9 Å². The maximum Gasteiger partial charge on any atom is 0.220 e. The number of aryl methyl sites for hydroxylation is 1. The van der Waals surface area contributed by atoms with Crippen molar-refractivity contribution in [2.75, 3.05) is 5.73 Å². The normalized spacial score (nSPS) is 11.5. The largest absolute Gasteiger partial charge is 0.368 e. The summed E-state index contributed by atoms with van der Waals surface area (Å²) >= 11 is 0. The Morgan fingerprint density at radius 3 is 2.59 bits per heavy atom. The molecule has 22 heavy (non-hydrogen) atoms. The standard InChI is InChI=1S/C15H15F2N5/c1-7(2)14-9-4-8(5-10(16)13(9)21-22(14)3)12-11(17)6-19-15(18)20-12/h4-7H,1-3H3,(H2,18,19,20). The van der Waals surface area contributed by atoms with E-state index in [1.165, 1.54) is 6.07 Å². The Hall–Kier alpha value is -2.57. The maximum atomic E-state index is 14.3. The molecule has 0 spiro atoms. The number of hydrogen-bond donors (Lipinski definition) is 1. The first kappa shape index (κ1) is 14.4. The third-order valence-corrected chi connectivity index (χ3v) is 3.52. The molecule has 5 nitrogen and oxygen atoms in total. The summed E-state index contributed by atoms with van der Waals surface area (Å²) in [5, 5.41) is 4.84. The van der Waals surface area contributed by atoms with E-state index < -0.39 is 11.6 Å². The van der Waals surface area contributed by atoms with Gasteiger partial charge >= 0.3 is 0 Å². The molecule has 0 atom stereocenters. The molecule has 0 fully saturated rings. The van der Waals surface area contributed by atoms with Crippen molar-refractivity contribution in [3.63, 3.8) is 0 Å². The lowest BCUT2D eigenvalue weighted by Gasteiger charge is -2.07. The molecule has 2 aromatic heterocycles. The molecule has 2 heterocycles. The van der Waals surface area contributed by atoms with E-state index >= 15 is 0 Å². The summed E-state index contributed by atoms with van der Waals surface area (Å²) < 4.78 is 29.9. The van der Waals surface area contributed by atoms with E-state index in [0.29, 0.717) is 10.9 Å². The van der Waals surface area contributed by atoms with Gasteiger partial charge in [-0.05, 0) is 18.1 Å². The fourth-order valence-corrected chi connectivity index (χ4v) is 2.68. The van der Waals surface area contributed by atoms with Crippen LogP contribution in [0.3, 0.4) is 0 Å². The lowest BCUT2D eigenvalue weighted by molar-refractivity contribution is 0.617. The minimum Gasteiger partial charge on any atom is -0.368 e. The minimum absolute atomic E-state index is 0.0214. The van der Waals surface area contributed by atoms with E-state index in [9.17, 15) is 8.78 Å². The van der Waals surface area contributed by atoms with Gasteiger partial charge in [-0.1, -0.05) is 13.8 Å². The quantitative estimate of drug-likeness (QED) is 0.790. The molecule has 0 unspecified atom stereocenters. The predicted molar refractivity (Wildman–Crippen MR) is 80.2 cm³/mol. The number of nitrogens with zero attached hydrogens (tertiary/aromatic N) is 4. The van der Waals surface area contributed by atoms with Crippen LogP contribution in [0.15, 0.2) is 18.3 Å². The number of nitrogens with two attached hydrogens (primary N) is 1. The number of nitrogen functional groups attached to an aromatic ring is 1. The summed E-state index contributed by atoms with van der Waals surface area (Å²) in [6.07, 6.45) is 0.979. The second-order valence-corrected chi connectivity index (χ2v) is 5.44. The molecular formula is C15H15F2N5. The van der Waals surface area contributed by atoms with Gasteiger partial charge in [0.1, 0.15) is 11.2 Å².